The zero-order chi connectivity index (χ0) is 25.0. The van der Waals surface area contributed by atoms with Crippen LogP contribution in [0.5, 0.6) is 0 Å². The number of hydrogen-bond acceptors (Lipinski definition) is 7. The molecule has 0 spiro atoms. The fourth-order valence-corrected chi connectivity index (χ4v) is 4.92. The zero-order valence-corrected chi connectivity index (χ0v) is 19.2. The first-order valence-electron chi connectivity index (χ1n) is 10.7. The van der Waals surface area contributed by atoms with Gasteiger partial charge in [-0.25, -0.2) is 8.42 Å². The number of nitrogens with zero attached hydrogens (tertiary/aromatic N) is 2. The van der Waals surface area contributed by atoms with Gasteiger partial charge in [-0.05, 0) is 37.1 Å². The number of nitro groups is 1. The molecule has 0 saturated carbocycles. The highest BCUT2D eigenvalue weighted by atomic mass is 32.2. The van der Waals surface area contributed by atoms with E-state index in [1.54, 1.807) is 23.1 Å². The Labute approximate surface area is 200 Å². The normalized spacial score (nSPS) is 14.3. The molecule has 1 aliphatic heterocycles. The number of carbonyl (C=O) groups is 2. The van der Waals surface area contributed by atoms with Gasteiger partial charge in [-0.3, -0.25) is 24.4 Å². The smallest absolute Gasteiger partial charge is 0.270 e. The van der Waals surface area contributed by atoms with Gasteiger partial charge in [-0.2, -0.15) is 0 Å². The molecule has 182 valence electrons. The molecule has 4 rings (SSSR count). The molecule has 0 atom stereocenters. The number of carbonyl (C=O) groups excluding carboxylic acids is 2. The van der Waals surface area contributed by atoms with Crippen LogP contribution in [0.2, 0.25) is 0 Å². The lowest BCUT2D eigenvalue weighted by Gasteiger charge is -2.32. The van der Waals surface area contributed by atoms with E-state index < -0.39 is 20.9 Å². The lowest BCUT2D eigenvalue weighted by atomic mass is 10.0. The number of benzene rings is 2. The van der Waals surface area contributed by atoms with Crippen LogP contribution in [0.15, 0.2) is 76.4 Å². The summed E-state index contributed by atoms with van der Waals surface area (Å²) in [6.45, 7) is 0.909. The van der Waals surface area contributed by atoms with E-state index >= 15 is 0 Å². The van der Waals surface area contributed by atoms with Crippen molar-refractivity contribution in [1.82, 2.24) is 10.2 Å². The van der Waals surface area contributed by atoms with E-state index in [1.807, 2.05) is 0 Å². The molecular weight excluding hydrogens is 476 g/mol. The zero-order valence-electron chi connectivity index (χ0n) is 18.4. The van der Waals surface area contributed by atoms with E-state index in [2.05, 4.69) is 10.0 Å². The molecular formula is C23H22N4O7S. The number of nitro benzene ring substituents is 1. The molecule has 2 N–H and O–H groups in total. The fourth-order valence-electron chi connectivity index (χ4n) is 3.80. The number of likely N-dealkylation sites (tertiary alicyclic amines) is 1. The van der Waals surface area contributed by atoms with Crippen LogP contribution in [-0.2, 0) is 10.0 Å². The average molecular weight is 499 g/mol. The van der Waals surface area contributed by atoms with Crippen molar-refractivity contribution >= 4 is 33.2 Å². The molecule has 11 nitrogen and oxygen atoms in total. The third-order valence-electron chi connectivity index (χ3n) is 5.64. The van der Waals surface area contributed by atoms with Crippen molar-refractivity contribution in [3.05, 3.63) is 88.4 Å². The standard InChI is InChI=1S/C23H22N4O7S/c28-22(24-17-8-11-26(12-9-17)23(29)16-10-13-34-15-16)20-6-1-2-7-21(20)25-35(32,33)19-5-3-4-18(14-19)27(30)31/h1-7,10,13-15,17,25H,8-9,11-12H2,(H,24,28). The Balaban J connectivity index is 1.43. The first-order chi connectivity index (χ1) is 16.7. The summed E-state index contributed by atoms with van der Waals surface area (Å²) < 4.78 is 33.0. The van der Waals surface area contributed by atoms with Crippen LogP contribution in [0.25, 0.3) is 0 Å². The molecule has 0 unspecified atom stereocenters. The first kappa shape index (κ1) is 24.0. The van der Waals surface area contributed by atoms with Crippen LogP contribution >= 0.6 is 0 Å². The maximum atomic E-state index is 13.0. The quantitative estimate of drug-likeness (QED) is 0.375. The van der Waals surface area contributed by atoms with Crippen LogP contribution in [0, 0.1) is 10.1 Å². The molecule has 3 aromatic rings. The Bertz CT molecular complexity index is 1350. The number of para-hydroxylation sites is 1. The van der Waals surface area contributed by atoms with Crippen molar-refractivity contribution in [1.29, 1.82) is 0 Å². The molecule has 2 aromatic carbocycles. The van der Waals surface area contributed by atoms with Gasteiger partial charge in [0.15, 0.2) is 0 Å². The Hall–Kier alpha value is -4.19. The largest absolute Gasteiger partial charge is 0.472 e. The molecule has 1 fully saturated rings. The Morgan fingerprint density at radius 2 is 1.80 bits per heavy atom. The minimum atomic E-state index is -4.18. The molecule has 1 saturated heterocycles. The highest BCUT2D eigenvalue weighted by Gasteiger charge is 2.26. The number of anilines is 1. The van der Waals surface area contributed by atoms with Crippen LogP contribution in [0.1, 0.15) is 33.6 Å². The summed E-state index contributed by atoms with van der Waals surface area (Å²) in [5.41, 5.74) is 0.261. The molecule has 0 radical (unpaired) electrons. The highest BCUT2D eigenvalue weighted by Crippen LogP contribution is 2.23. The van der Waals surface area contributed by atoms with Gasteiger partial charge >= 0.3 is 0 Å². The van der Waals surface area contributed by atoms with Gasteiger partial charge in [0.1, 0.15) is 6.26 Å². The number of sulfonamides is 1. The second kappa shape index (κ2) is 9.97. The number of amides is 2. The SMILES string of the molecule is O=C(NC1CCN(C(=O)c2ccoc2)CC1)c1ccccc1NS(=O)(=O)c1cccc([N+](=O)[O-])c1. The van der Waals surface area contributed by atoms with Crippen LogP contribution in [0.4, 0.5) is 11.4 Å². The van der Waals surface area contributed by atoms with E-state index in [0.29, 0.717) is 31.5 Å². The van der Waals surface area contributed by atoms with Crippen LogP contribution < -0.4 is 10.0 Å². The lowest BCUT2D eigenvalue weighted by Crippen LogP contribution is -2.46. The molecule has 35 heavy (non-hydrogen) atoms. The number of non-ortho nitro benzene ring substituents is 1. The van der Waals surface area contributed by atoms with Crippen molar-refractivity contribution in [3.63, 3.8) is 0 Å². The van der Waals surface area contributed by atoms with Gasteiger partial charge in [0.05, 0.1) is 32.9 Å². The Kier molecular flexibility index (Phi) is 6.82. The van der Waals surface area contributed by atoms with Crippen molar-refractivity contribution in [2.75, 3.05) is 17.8 Å². The minimum Gasteiger partial charge on any atom is -0.472 e. The van der Waals surface area contributed by atoms with E-state index in [1.165, 1.54) is 42.9 Å². The number of hydrogen-bond donors (Lipinski definition) is 2. The molecule has 2 heterocycles. The molecule has 1 aliphatic rings. The summed E-state index contributed by atoms with van der Waals surface area (Å²) in [6.07, 6.45) is 3.90. The van der Waals surface area contributed by atoms with E-state index in [0.717, 1.165) is 6.07 Å². The summed E-state index contributed by atoms with van der Waals surface area (Å²) in [5.74, 6) is -0.605. The van der Waals surface area contributed by atoms with Crippen molar-refractivity contribution in [3.8, 4) is 0 Å². The topological polar surface area (TPSA) is 152 Å². The fraction of sp³-hybridized carbons (Fsp3) is 0.217. The number of piperidine rings is 1. The van der Waals surface area contributed by atoms with E-state index in [4.69, 9.17) is 4.42 Å². The maximum absolute atomic E-state index is 13.0. The summed E-state index contributed by atoms with van der Waals surface area (Å²) in [6, 6.07) is 12.1. The van der Waals surface area contributed by atoms with Gasteiger partial charge < -0.3 is 14.6 Å². The highest BCUT2D eigenvalue weighted by molar-refractivity contribution is 7.92. The van der Waals surface area contributed by atoms with Crippen LogP contribution in [0.3, 0.4) is 0 Å². The van der Waals surface area contributed by atoms with Gasteiger partial charge in [-0.1, -0.05) is 18.2 Å². The lowest BCUT2D eigenvalue weighted by molar-refractivity contribution is -0.385. The van der Waals surface area contributed by atoms with Crippen LogP contribution in [-0.4, -0.2) is 49.2 Å². The summed E-state index contributed by atoms with van der Waals surface area (Å²) in [5, 5.41) is 13.9. The molecule has 12 heteroatoms. The predicted molar refractivity (Wildman–Crippen MR) is 125 cm³/mol. The summed E-state index contributed by atoms with van der Waals surface area (Å²) >= 11 is 0. The summed E-state index contributed by atoms with van der Waals surface area (Å²) in [4.78, 5) is 37.1. The van der Waals surface area contributed by atoms with Crippen molar-refractivity contribution in [2.45, 2.75) is 23.8 Å². The second-order valence-electron chi connectivity index (χ2n) is 7.96. The minimum absolute atomic E-state index is 0.0454. The van der Waals surface area contributed by atoms with Gasteiger partial charge in [0, 0.05) is 31.3 Å². The third kappa shape index (κ3) is 5.49. The molecule has 1 aromatic heterocycles. The van der Waals surface area contributed by atoms with Gasteiger partial charge in [0.25, 0.3) is 27.5 Å². The average Bonchev–Trinajstić information content (AvgIpc) is 3.39. The van der Waals surface area contributed by atoms with Gasteiger partial charge in [-0.15, -0.1) is 0 Å². The van der Waals surface area contributed by atoms with Crippen molar-refractivity contribution < 1.29 is 27.3 Å². The van der Waals surface area contributed by atoms with E-state index in [-0.39, 0.29) is 33.8 Å². The van der Waals surface area contributed by atoms with Crippen molar-refractivity contribution in [2.24, 2.45) is 0 Å². The molecule has 0 aliphatic carbocycles. The maximum Gasteiger partial charge on any atom is 0.270 e. The summed E-state index contributed by atoms with van der Waals surface area (Å²) in [7, 11) is -4.18. The third-order valence-corrected chi connectivity index (χ3v) is 7.00. The number of nitrogens with one attached hydrogen (secondary N) is 2. The molecule has 2 amide bonds. The number of rotatable bonds is 7. The number of furan rings is 1. The first-order valence-corrected chi connectivity index (χ1v) is 12.2. The predicted octanol–water partition coefficient (Wildman–Crippen LogP) is 3.02. The van der Waals surface area contributed by atoms with Gasteiger partial charge in [0.2, 0.25) is 0 Å². The monoisotopic (exact) mass is 498 g/mol. The molecule has 0 bridgehead atoms. The Morgan fingerprint density at radius 1 is 1.06 bits per heavy atom. The Morgan fingerprint density at radius 3 is 2.49 bits per heavy atom. The van der Waals surface area contributed by atoms with E-state index in [9.17, 15) is 28.1 Å². The second-order valence-corrected chi connectivity index (χ2v) is 9.64.